The maximum atomic E-state index is 5.25. The number of rotatable bonds is 6. The largest absolute Gasteiger partial charge is 0.493 e. The summed E-state index contributed by atoms with van der Waals surface area (Å²) in [6.45, 7) is 1.30. The van der Waals surface area contributed by atoms with E-state index >= 15 is 0 Å². The van der Waals surface area contributed by atoms with Crippen molar-refractivity contribution in [3.8, 4) is 11.5 Å². The molecular formula is C13H21N3O3. The third-order valence-electron chi connectivity index (χ3n) is 2.47. The van der Waals surface area contributed by atoms with Gasteiger partial charge in [0.15, 0.2) is 17.5 Å². The average molecular weight is 267 g/mol. The lowest BCUT2D eigenvalue weighted by Crippen LogP contribution is -2.33. The summed E-state index contributed by atoms with van der Waals surface area (Å²) in [6, 6.07) is 5.58. The molecule has 1 aromatic carbocycles. The Balaban J connectivity index is 2.69. The van der Waals surface area contributed by atoms with Crippen LogP contribution in [0, 0.1) is 0 Å². The van der Waals surface area contributed by atoms with Crippen molar-refractivity contribution in [3.05, 3.63) is 18.2 Å². The van der Waals surface area contributed by atoms with Crippen LogP contribution in [0.1, 0.15) is 0 Å². The lowest BCUT2D eigenvalue weighted by molar-refractivity contribution is 0.204. The van der Waals surface area contributed by atoms with Crippen molar-refractivity contribution >= 4 is 11.6 Å². The molecule has 6 nitrogen and oxygen atoms in total. The summed E-state index contributed by atoms with van der Waals surface area (Å²) in [4.78, 5) is 4.12. The fourth-order valence-corrected chi connectivity index (χ4v) is 1.50. The molecule has 0 aliphatic rings. The molecule has 0 saturated carbocycles. The van der Waals surface area contributed by atoms with Crippen molar-refractivity contribution < 1.29 is 14.2 Å². The van der Waals surface area contributed by atoms with Crippen molar-refractivity contribution in [2.45, 2.75) is 0 Å². The van der Waals surface area contributed by atoms with E-state index in [1.807, 2.05) is 18.2 Å². The van der Waals surface area contributed by atoms with Crippen molar-refractivity contribution in [1.82, 2.24) is 5.32 Å². The molecule has 0 aliphatic heterocycles. The molecule has 0 atom stereocenters. The molecule has 1 aromatic rings. The molecule has 0 amide bonds. The quantitative estimate of drug-likeness (QED) is 0.462. The van der Waals surface area contributed by atoms with Gasteiger partial charge in [0.2, 0.25) is 0 Å². The summed E-state index contributed by atoms with van der Waals surface area (Å²) in [5.74, 6) is 2.03. The molecule has 0 aromatic heterocycles. The van der Waals surface area contributed by atoms with Crippen LogP contribution in [0.25, 0.3) is 0 Å². The fraction of sp³-hybridized carbons (Fsp3) is 0.462. The molecule has 106 valence electrons. The monoisotopic (exact) mass is 267 g/mol. The van der Waals surface area contributed by atoms with E-state index in [-0.39, 0.29) is 0 Å². The van der Waals surface area contributed by atoms with Crippen LogP contribution in [-0.4, -0.2) is 47.5 Å². The van der Waals surface area contributed by atoms with E-state index in [1.54, 1.807) is 28.4 Å². The Hall–Kier alpha value is -1.95. The summed E-state index contributed by atoms with van der Waals surface area (Å²) >= 11 is 0. The van der Waals surface area contributed by atoms with Gasteiger partial charge in [0.25, 0.3) is 0 Å². The summed E-state index contributed by atoms with van der Waals surface area (Å²) in [5.41, 5.74) is 0.864. The Labute approximate surface area is 113 Å². The molecule has 0 unspecified atom stereocenters. The maximum Gasteiger partial charge on any atom is 0.195 e. The Morgan fingerprint density at radius 2 is 1.89 bits per heavy atom. The van der Waals surface area contributed by atoms with Crippen molar-refractivity contribution in [2.75, 3.05) is 46.8 Å². The van der Waals surface area contributed by atoms with Crippen molar-refractivity contribution in [1.29, 1.82) is 0 Å². The van der Waals surface area contributed by atoms with Crippen LogP contribution in [0.15, 0.2) is 23.2 Å². The molecule has 2 N–H and O–H groups in total. The van der Waals surface area contributed by atoms with Gasteiger partial charge in [-0.3, -0.25) is 4.99 Å². The predicted octanol–water partition coefficient (Wildman–Crippen LogP) is 1.34. The second-order valence-electron chi connectivity index (χ2n) is 3.69. The second-order valence-corrected chi connectivity index (χ2v) is 3.69. The van der Waals surface area contributed by atoms with Crippen LogP contribution in [0.2, 0.25) is 0 Å². The molecule has 1 rings (SSSR count). The van der Waals surface area contributed by atoms with Gasteiger partial charge in [0.1, 0.15) is 0 Å². The third-order valence-corrected chi connectivity index (χ3v) is 2.47. The highest BCUT2D eigenvalue weighted by molar-refractivity contribution is 5.93. The first-order valence-corrected chi connectivity index (χ1v) is 5.93. The fourth-order valence-electron chi connectivity index (χ4n) is 1.50. The Morgan fingerprint density at radius 1 is 1.16 bits per heavy atom. The second kappa shape index (κ2) is 8.20. The third kappa shape index (κ3) is 4.67. The zero-order valence-corrected chi connectivity index (χ0v) is 11.8. The van der Waals surface area contributed by atoms with E-state index in [1.165, 1.54) is 0 Å². The van der Waals surface area contributed by atoms with Gasteiger partial charge in [-0.25, -0.2) is 0 Å². The van der Waals surface area contributed by atoms with Gasteiger partial charge in [0, 0.05) is 32.5 Å². The van der Waals surface area contributed by atoms with Gasteiger partial charge in [-0.2, -0.15) is 0 Å². The minimum absolute atomic E-state index is 0.618. The first-order chi connectivity index (χ1) is 9.24. The Morgan fingerprint density at radius 3 is 2.47 bits per heavy atom. The highest BCUT2D eigenvalue weighted by Crippen LogP contribution is 2.29. The van der Waals surface area contributed by atoms with Crippen LogP contribution >= 0.6 is 0 Å². The van der Waals surface area contributed by atoms with Crippen molar-refractivity contribution in [2.24, 2.45) is 4.99 Å². The molecule has 6 heteroatoms. The molecule has 0 fully saturated rings. The maximum absolute atomic E-state index is 5.25. The lowest BCUT2D eigenvalue weighted by Gasteiger charge is -2.13. The first-order valence-electron chi connectivity index (χ1n) is 5.93. The minimum Gasteiger partial charge on any atom is -0.493 e. The number of hydrogen-bond acceptors (Lipinski definition) is 4. The Bertz CT molecular complexity index is 422. The number of guanidine groups is 1. The zero-order valence-electron chi connectivity index (χ0n) is 11.8. The highest BCUT2D eigenvalue weighted by Gasteiger charge is 2.05. The van der Waals surface area contributed by atoms with Gasteiger partial charge >= 0.3 is 0 Å². The number of benzene rings is 1. The van der Waals surface area contributed by atoms with Gasteiger partial charge in [0.05, 0.1) is 20.8 Å². The number of nitrogens with one attached hydrogen (secondary N) is 2. The van der Waals surface area contributed by atoms with Crippen LogP contribution in [-0.2, 0) is 4.74 Å². The average Bonchev–Trinajstić information content (AvgIpc) is 2.46. The number of hydrogen-bond donors (Lipinski definition) is 2. The van der Waals surface area contributed by atoms with E-state index in [0.29, 0.717) is 30.6 Å². The summed E-state index contributed by atoms with van der Waals surface area (Å²) in [6.07, 6.45) is 0. The molecule has 0 saturated heterocycles. The molecule has 0 bridgehead atoms. The van der Waals surface area contributed by atoms with Crippen molar-refractivity contribution in [3.63, 3.8) is 0 Å². The van der Waals surface area contributed by atoms with Crippen LogP contribution < -0.4 is 20.1 Å². The number of anilines is 1. The molecule has 0 heterocycles. The summed E-state index contributed by atoms with van der Waals surface area (Å²) < 4.78 is 15.4. The molecular weight excluding hydrogens is 246 g/mol. The SMILES string of the molecule is CN=C(NCCOC)Nc1ccc(OC)c(OC)c1. The number of methoxy groups -OCH3 is 3. The van der Waals surface area contributed by atoms with Gasteiger partial charge < -0.3 is 24.8 Å². The summed E-state index contributed by atoms with van der Waals surface area (Å²) in [7, 11) is 6.58. The summed E-state index contributed by atoms with van der Waals surface area (Å²) in [5, 5.41) is 6.29. The smallest absolute Gasteiger partial charge is 0.195 e. The van der Waals surface area contributed by atoms with E-state index in [2.05, 4.69) is 15.6 Å². The molecule has 19 heavy (non-hydrogen) atoms. The topological polar surface area (TPSA) is 64.1 Å². The molecule has 0 spiro atoms. The highest BCUT2D eigenvalue weighted by atomic mass is 16.5. The number of aliphatic imine (C=N–C) groups is 1. The van der Waals surface area contributed by atoms with Gasteiger partial charge in [-0.15, -0.1) is 0 Å². The predicted molar refractivity (Wildman–Crippen MR) is 76.4 cm³/mol. The van der Waals surface area contributed by atoms with E-state index in [9.17, 15) is 0 Å². The Kier molecular flexibility index (Phi) is 6.52. The first kappa shape index (κ1) is 15.1. The van der Waals surface area contributed by atoms with Gasteiger partial charge in [-0.1, -0.05) is 0 Å². The normalized spacial score (nSPS) is 11.1. The molecule has 0 radical (unpaired) electrons. The van der Waals surface area contributed by atoms with Crippen LogP contribution in [0.4, 0.5) is 5.69 Å². The zero-order chi connectivity index (χ0) is 14.1. The molecule has 0 aliphatic carbocycles. The van der Waals surface area contributed by atoms with Crippen LogP contribution in [0.3, 0.4) is 0 Å². The van der Waals surface area contributed by atoms with E-state index in [4.69, 9.17) is 14.2 Å². The number of nitrogens with zero attached hydrogens (tertiary/aromatic N) is 1. The number of ether oxygens (including phenoxy) is 3. The minimum atomic E-state index is 0.618. The van der Waals surface area contributed by atoms with E-state index in [0.717, 1.165) is 5.69 Å². The van der Waals surface area contributed by atoms with Crippen LogP contribution in [0.5, 0.6) is 11.5 Å². The lowest BCUT2D eigenvalue weighted by atomic mass is 10.3. The standard InChI is InChI=1S/C13H21N3O3/c1-14-13(15-7-8-17-2)16-10-5-6-11(18-3)12(9-10)19-4/h5-6,9H,7-8H2,1-4H3,(H2,14,15,16). The van der Waals surface area contributed by atoms with E-state index < -0.39 is 0 Å². The van der Waals surface area contributed by atoms with Gasteiger partial charge in [-0.05, 0) is 12.1 Å².